The number of carbonyl (C=O) groups excluding carboxylic acids is 2. The molecule has 0 saturated carbocycles. The quantitative estimate of drug-likeness (QED) is 0.166. The maximum atomic E-state index is 14.5. The van der Waals surface area contributed by atoms with Crippen molar-refractivity contribution < 1.29 is 18.0 Å². The Hall–Kier alpha value is -3.85. The van der Waals surface area contributed by atoms with E-state index in [2.05, 4.69) is 5.32 Å². The van der Waals surface area contributed by atoms with Crippen LogP contribution in [0.5, 0.6) is 0 Å². The Balaban J connectivity index is 1.83. The molecular formula is C35H37Cl2N3O4S. The fourth-order valence-corrected chi connectivity index (χ4v) is 6.90. The Morgan fingerprint density at radius 1 is 0.822 bits per heavy atom. The lowest BCUT2D eigenvalue weighted by Gasteiger charge is -2.34. The summed E-state index contributed by atoms with van der Waals surface area (Å²) < 4.78 is 29.4. The lowest BCUT2D eigenvalue weighted by molar-refractivity contribution is -0.140. The van der Waals surface area contributed by atoms with E-state index >= 15 is 0 Å². The van der Waals surface area contributed by atoms with Crippen molar-refractivity contribution in [2.75, 3.05) is 10.8 Å². The number of nitrogens with zero attached hydrogens (tertiary/aromatic N) is 2. The van der Waals surface area contributed by atoms with Gasteiger partial charge in [0.25, 0.3) is 10.0 Å². The summed E-state index contributed by atoms with van der Waals surface area (Å²) in [6, 6.07) is 28.2. The van der Waals surface area contributed by atoms with Crippen molar-refractivity contribution in [1.82, 2.24) is 10.2 Å². The molecule has 0 heterocycles. The molecule has 0 bridgehead atoms. The van der Waals surface area contributed by atoms with E-state index in [-0.39, 0.29) is 29.8 Å². The number of amides is 2. The molecule has 4 aromatic carbocycles. The van der Waals surface area contributed by atoms with Crippen LogP contribution in [0.4, 0.5) is 5.69 Å². The molecule has 0 aliphatic heterocycles. The van der Waals surface area contributed by atoms with Crippen molar-refractivity contribution in [3.63, 3.8) is 0 Å². The molecule has 0 fully saturated rings. The van der Waals surface area contributed by atoms with Gasteiger partial charge >= 0.3 is 0 Å². The second kappa shape index (κ2) is 15.4. The number of rotatable bonds is 13. The Morgan fingerprint density at radius 2 is 1.44 bits per heavy atom. The molecular weight excluding hydrogens is 629 g/mol. The second-order valence-corrected chi connectivity index (χ2v) is 13.7. The van der Waals surface area contributed by atoms with E-state index in [1.54, 1.807) is 61.5 Å². The van der Waals surface area contributed by atoms with Crippen LogP contribution in [0.15, 0.2) is 108 Å². The first-order chi connectivity index (χ1) is 21.5. The number of carbonyl (C=O) groups is 2. The van der Waals surface area contributed by atoms with E-state index in [9.17, 15) is 18.0 Å². The Labute approximate surface area is 275 Å². The molecule has 0 spiro atoms. The minimum Gasteiger partial charge on any atom is -0.352 e. The van der Waals surface area contributed by atoms with Crippen molar-refractivity contribution >= 4 is 50.7 Å². The zero-order valence-corrected chi connectivity index (χ0v) is 27.8. The van der Waals surface area contributed by atoms with Crippen molar-refractivity contribution in [3.8, 4) is 0 Å². The van der Waals surface area contributed by atoms with Crippen molar-refractivity contribution in [2.24, 2.45) is 0 Å². The summed E-state index contributed by atoms with van der Waals surface area (Å²) in [7, 11) is -4.20. The van der Waals surface area contributed by atoms with Gasteiger partial charge in [-0.1, -0.05) is 90.8 Å². The van der Waals surface area contributed by atoms with Crippen LogP contribution in [0, 0.1) is 6.92 Å². The maximum absolute atomic E-state index is 14.5. The smallest absolute Gasteiger partial charge is 0.264 e. The average Bonchev–Trinajstić information content (AvgIpc) is 3.02. The van der Waals surface area contributed by atoms with E-state index in [1.807, 2.05) is 50.2 Å². The van der Waals surface area contributed by atoms with Crippen LogP contribution in [-0.4, -0.2) is 43.8 Å². The number of sulfonamides is 1. The average molecular weight is 667 g/mol. The Morgan fingerprint density at radius 3 is 2.07 bits per heavy atom. The highest BCUT2D eigenvalue weighted by molar-refractivity contribution is 7.92. The predicted octanol–water partition coefficient (Wildman–Crippen LogP) is 7.05. The summed E-state index contributed by atoms with van der Waals surface area (Å²) in [5, 5.41) is 3.95. The number of hydrogen-bond acceptors (Lipinski definition) is 4. The molecule has 0 aliphatic carbocycles. The first-order valence-corrected chi connectivity index (χ1v) is 16.9. The van der Waals surface area contributed by atoms with Crippen molar-refractivity contribution in [2.45, 2.75) is 57.1 Å². The highest BCUT2D eigenvalue weighted by atomic mass is 35.5. The van der Waals surface area contributed by atoms with Crippen LogP contribution in [0.1, 0.15) is 37.0 Å². The summed E-state index contributed by atoms with van der Waals surface area (Å²) in [6.45, 7) is 5.08. The monoisotopic (exact) mass is 665 g/mol. The molecule has 0 unspecified atom stereocenters. The van der Waals surface area contributed by atoms with E-state index in [0.717, 1.165) is 9.87 Å². The standard InChI is InChI=1S/C35H37Cl2N3O4S/c1-4-26(3)38-35(42)33(22-27-12-7-5-8-13-27)39(23-28-14-11-15-29(36)21-28)34(41)24-40(32-19-18-30(37)20-25(32)2)45(43,44)31-16-9-6-10-17-31/h5-21,26,33H,4,22-24H2,1-3H3,(H,38,42)/t26-,33+/m1/s1. The van der Waals surface area contributed by atoms with Gasteiger partial charge in [-0.3, -0.25) is 13.9 Å². The Bertz CT molecular complexity index is 1720. The van der Waals surface area contributed by atoms with Crippen LogP contribution in [0.2, 0.25) is 10.0 Å². The minimum atomic E-state index is -4.20. The van der Waals surface area contributed by atoms with Crippen molar-refractivity contribution in [3.05, 3.63) is 130 Å². The van der Waals surface area contributed by atoms with Gasteiger partial charge < -0.3 is 10.2 Å². The maximum Gasteiger partial charge on any atom is 0.264 e. The second-order valence-electron chi connectivity index (χ2n) is 10.9. The van der Waals surface area contributed by atoms with E-state index in [1.165, 1.54) is 17.0 Å². The fraction of sp³-hybridized carbons (Fsp3) is 0.257. The molecule has 4 aromatic rings. The normalized spacial score (nSPS) is 12.6. The van der Waals surface area contributed by atoms with Gasteiger partial charge in [0, 0.05) is 29.1 Å². The lowest BCUT2D eigenvalue weighted by Crippen LogP contribution is -2.54. The van der Waals surface area contributed by atoms with Gasteiger partial charge in [-0.25, -0.2) is 8.42 Å². The molecule has 0 saturated heterocycles. The highest BCUT2D eigenvalue weighted by Gasteiger charge is 2.35. The van der Waals surface area contributed by atoms with Crippen LogP contribution in [-0.2, 0) is 32.6 Å². The first kappa shape index (κ1) is 34.0. The minimum absolute atomic E-state index is 0.0314. The number of benzene rings is 4. The van der Waals surface area contributed by atoms with Gasteiger partial charge in [0.2, 0.25) is 11.8 Å². The van der Waals surface area contributed by atoms with Gasteiger partial charge in [-0.2, -0.15) is 0 Å². The van der Waals surface area contributed by atoms with E-state index in [4.69, 9.17) is 23.2 Å². The molecule has 10 heteroatoms. The van der Waals surface area contributed by atoms with Gasteiger partial charge in [0.05, 0.1) is 10.6 Å². The molecule has 7 nitrogen and oxygen atoms in total. The molecule has 2 atom stereocenters. The lowest BCUT2D eigenvalue weighted by atomic mass is 10.0. The largest absolute Gasteiger partial charge is 0.352 e. The summed E-state index contributed by atoms with van der Waals surface area (Å²) >= 11 is 12.5. The third kappa shape index (κ3) is 8.87. The summed E-state index contributed by atoms with van der Waals surface area (Å²) in [5.74, 6) is -0.882. The molecule has 1 N–H and O–H groups in total. The Kier molecular flexibility index (Phi) is 11.7. The van der Waals surface area contributed by atoms with Crippen LogP contribution < -0.4 is 9.62 Å². The molecule has 0 radical (unpaired) electrons. The number of halogens is 2. The van der Waals surface area contributed by atoms with Gasteiger partial charge in [0.15, 0.2) is 0 Å². The van der Waals surface area contributed by atoms with Gasteiger partial charge in [0.1, 0.15) is 12.6 Å². The predicted molar refractivity (Wildman–Crippen MR) is 181 cm³/mol. The van der Waals surface area contributed by atoms with Crippen molar-refractivity contribution in [1.29, 1.82) is 0 Å². The molecule has 236 valence electrons. The van der Waals surface area contributed by atoms with E-state index in [0.29, 0.717) is 33.3 Å². The summed E-state index contributed by atoms with van der Waals surface area (Å²) in [5.41, 5.74) is 2.44. The molecule has 45 heavy (non-hydrogen) atoms. The van der Waals surface area contributed by atoms with Gasteiger partial charge in [-0.15, -0.1) is 0 Å². The van der Waals surface area contributed by atoms with E-state index < -0.39 is 28.5 Å². The van der Waals surface area contributed by atoms with Crippen LogP contribution in [0.3, 0.4) is 0 Å². The third-order valence-electron chi connectivity index (χ3n) is 7.55. The molecule has 0 aromatic heterocycles. The third-order valence-corrected chi connectivity index (χ3v) is 9.80. The fourth-order valence-electron chi connectivity index (χ4n) is 4.96. The number of anilines is 1. The summed E-state index contributed by atoms with van der Waals surface area (Å²) in [4.78, 5) is 29.9. The van der Waals surface area contributed by atoms with Gasteiger partial charge in [-0.05, 0) is 79.4 Å². The topological polar surface area (TPSA) is 86.8 Å². The van der Waals surface area contributed by atoms with Crippen LogP contribution in [0.25, 0.3) is 0 Å². The van der Waals surface area contributed by atoms with Crippen LogP contribution >= 0.6 is 23.2 Å². The SMILES string of the molecule is CC[C@@H](C)NC(=O)[C@H](Cc1ccccc1)N(Cc1cccc(Cl)c1)C(=O)CN(c1ccc(Cl)cc1C)S(=O)(=O)c1ccccc1. The molecule has 2 amide bonds. The first-order valence-electron chi connectivity index (χ1n) is 14.7. The number of nitrogens with one attached hydrogen (secondary N) is 1. The molecule has 0 aliphatic rings. The number of aryl methyl sites for hydroxylation is 1. The number of hydrogen-bond donors (Lipinski definition) is 1. The zero-order valence-electron chi connectivity index (χ0n) is 25.5. The zero-order chi connectivity index (χ0) is 32.6. The highest BCUT2D eigenvalue weighted by Crippen LogP contribution is 2.30. The molecule has 4 rings (SSSR count). The summed E-state index contributed by atoms with van der Waals surface area (Å²) in [6.07, 6.45) is 0.922.